The van der Waals surface area contributed by atoms with Crippen molar-refractivity contribution in [2.45, 2.75) is 38.1 Å². The van der Waals surface area contributed by atoms with Gasteiger partial charge in [0.05, 0.1) is 10.0 Å². The summed E-state index contributed by atoms with van der Waals surface area (Å²) in [6, 6.07) is 11.7. The van der Waals surface area contributed by atoms with Gasteiger partial charge in [0.2, 0.25) is 0 Å². The maximum absolute atomic E-state index is 14.4. The Morgan fingerprint density at radius 2 is 1.81 bits per heavy atom. The lowest BCUT2D eigenvalue weighted by Crippen LogP contribution is -2.35. The van der Waals surface area contributed by atoms with Gasteiger partial charge >= 0.3 is 0 Å². The van der Waals surface area contributed by atoms with Gasteiger partial charge in [-0.1, -0.05) is 30.3 Å². The number of halogens is 2. The Morgan fingerprint density at radius 3 is 2.57 bits per heavy atom. The Hall–Kier alpha value is -1.19. The summed E-state index contributed by atoms with van der Waals surface area (Å²) in [4.78, 5) is 0. The van der Waals surface area contributed by atoms with Crippen LogP contribution >= 0.6 is 15.9 Å². The van der Waals surface area contributed by atoms with Crippen LogP contribution < -0.4 is 5.73 Å². The maximum Gasteiger partial charge on any atom is 0.142 e. The van der Waals surface area contributed by atoms with Gasteiger partial charge in [0, 0.05) is 5.56 Å². The van der Waals surface area contributed by atoms with Crippen LogP contribution in [0.5, 0.6) is 0 Å². The molecule has 0 bridgehead atoms. The average molecular weight is 348 g/mol. The predicted molar refractivity (Wildman–Crippen MR) is 87.8 cm³/mol. The highest BCUT2D eigenvalue weighted by molar-refractivity contribution is 9.10. The lowest BCUT2D eigenvalue weighted by Gasteiger charge is -2.28. The van der Waals surface area contributed by atoms with E-state index < -0.39 is 5.54 Å². The smallest absolute Gasteiger partial charge is 0.142 e. The molecule has 2 N–H and O–H groups in total. The first-order valence-corrected chi connectivity index (χ1v) is 8.15. The lowest BCUT2D eigenvalue weighted by atomic mass is 9.81. The first-order valence-electron chi connectivity index (χ1n) is 7.36. The number of benzene rings is 2. The standard InChI is InChI=1S/C18H19BrFN/c1-18(21,15-7-4-8-16(19)17(15)20)14-10-9-12-5-2-3-6-13(12)11-14/h4,7-11H,2-3,5-6,21H2,1H3. The van der Waals surface area contributed by atoms with Gasteiger partial charge in [-0.15, -0.1) is 0 Å². The van der Waals surface area contributed by atoms with Gasteiger partial charge in [0.15, 0.2) is 0 Å². The third kappa shape index (κ3) is 2.65. The fourth-order valence-electron chi connectivity index (χ4n) is 3.12. The van der Waals surface area contributed by atoms with E-state index in [9.17, 15) is 4.39 Å². The minimum atomic E-state index is -0.833. The molecule has 110 valence electrons. The average Bonchev–Trinajstić information content (AvgIpc) is 2.49. The van der Waals surface area contributed by atoms with Crippen LogP contribution in [0.3, 0.4) is 0 Å². The monoisotopic (exact) mass is 347 g/mol. The molecule has 1 nitrogen and oxygen atoms in total. The fraction of sp³-hybridized carbons (Fsp3) is 0.333. The second-order valence-electron chi connectivity index (χ2n) is 5.99. The number of hydrogen-bond acceptors (Lipinski definition) is 1. The highest BCUT2D eigenvalue weighted by Crippen LogP contribution is 2.33. The van der Waals surface area contributed by atoms with Crippen molar-refractivity contribution in [3.8, 4) is 0 Å². The van der Waals surface area contributed by atoms with E-state index in [0.717, 1.165) is 18.4 Å². The van der Waals surface area contributed by atoms with Gasteiger partial charge in [-0.2, -0.15) is 0 Å². The van der Waals surface area contributed by atoms with Crippen LogP contribution in [0.1, 0.15) is 42.0 Å². The zero-order valence-electron chi connectivity index (χ0n) is 12.1. The van der Waals surface area contributed by atoms with Crippen molar-refractivity contribution in [2.75, 3.05) is 0 Å². The Labute approximate surface area is 133 Å². The molecule has 0 saturated heterocycles. The molecule has 0 fully saturated rings. The molecular weight excluding hydrogens is 329 g/mol. The molecule has 0 aliphatic heterocycles. The van der Waals surface area contributed by atoms with Gasteiger partial charge in [-0.3, -0.25) is 0 Å². The Balaban J connectivity index is 2.07. The van der Waals surface area contributed by atoms with E-state index >= 15 is 0 Å². The van der Waals surface area contributed by atoms with Crippen molar-refractivity contribution < 1.29 is 4.39 Å². The second-order valence-corrected chi connectivity index (χ2v) is 6.85. The summed E-state index contributed by atoms with van der Waals surface area (Å²) in [7, 11) is 0. The van der Waals surface area contributed by atoms with Crippen molar-refractivity contribution in [1.29, 1.82) is 0 Å². The van der Waals surface area contributed by atoms with Crippen LogP contribution in [-0.2, 0) is 18.4 Å². The lowest BCUT2D eigenvalue weighted by molar-refractivity contribution is 0.526. The number of hydrogen-bond donors (Lipinski definition) is 1. The normalized spacial score (nSPS) is 17.1. The highest BCUT2D eigenvalue weighted by Gasteiger charge is 2.28. The predicted octanol–water partition coefficient (Wildman–Crippen LogP) is 4.69. The number of rotatable bonds is 2. The van der Waals surface area contributed by atoms with Gasteiger partial charge in [-0.05, 0) is 71.3 Å². The zero-order valence-corrected chi connectivity index (χ0v) is 13.7. The SMILES string of the molecule is CC(N)(c1ccc2c(c1)CCCC2)c1cccc(Br)c1F. The van der Waals surface area contributed by atoms with E-state index in [1.807, 2.05) is 19.1 Å². The summed E-state index contributed by atoms with van der Waals surface area (Å²) in [5, 5.41) is 0. The minimum absolute atomic E-state index is 0.278. The summed E-state index contributed by atoms with van der Waals surface area (Å²) in [6.07, 6.45) is 4.72. The van der Waals surface area contributed by atoms with E-state index in [2.05, 4.69) is 28.1 Å². The first-order chi connectivity index (χ1) is 10.00. The highest BCUT2D eigenvalue weighted by atomic mass is 79.9. The minimum Gasteiger partial charge on any atom is -0.318 e. The molecule has 2 aromatic rings. The van der Waals surface area contributed by atoms with Gasteiger partial charge in [-0.25, -0.2) is 4.39 Å². The van der Waals surface area contributed by atoms with Crippen LogP contribution in [0, 0.1) is 5.82 Å². The fourth-order valence-corrected chi connectivity index (χ4v) is 3.48. The number of fused-ring (bicyclic) bond motifs is 1. The van der Waals surface area contributed by atoms with E-state index in [4.69, 9.17) is 5.73 Å². The van der Waals surface area contributed by atoms with Crippen LogP contribution in [0.2, 0.25) is 0 Å². The van der Waals surface area contributed by atoms with Crippen LogP contribution in [0.15, 0.2) is 40.9 Å². The molecule has 0 aromatic heterocycles. The molecule has 0 amide bonds. The molecule has 0 saturated carbocycles. The molecule has 0 radical (unpaired) electrons. The molecule has 1 aliphatic carbocycles. The largest absolute Gasteiger partial charge is 0.318 e. The van der Waals surface area contributed by atoms with Crippen molar-refractivity contribution in [1.82, 2.24) is 0 Å². The maximum atomic E-state index is 14.4. The molecule has 21 heavy (non-hydrogen) atoms. The van der Waals surface area contributed by atoms with Crippen molar-refractivity contribution in [3.63, 3.8) is 0 Å². The Kier molecular flexibility index (Phi) is 3.89. The van der Waals surface area contributed by atoms with Crippen molar-refractivity contribution in [2.24, 2.45) is 5.73 Å². The van der Waals surface area contributed by atoms with E-state index in [0.29, 0.717) is 10.0 Å². The molecular formula is C18H19BrFN. The van der Waals surface area contributed by atoms with Gasteiger partial charge in [0.25, 0.3) is 0 Å². The molecule has 0 heterocycles. The van der Waals surface area contributed by atoms with Crippen LogP contribution in [0.4, 0.5) is 4.39 Å². The number of aryl methyl sites for hydroxylation is 2. The van der Waals surface area contributed by atoms with E-state index in [-0.39, 0.29) is 5.82 Å². The van der Waals surface area contributed by atoms with Crippen LogP contribution in [-0.4, -0.2) is 0 Å². The summed E-state index contributed by atoms with van der Waals surface area (Å²) in [6.45, 7) is 1.88. The number of nitrogens with two attached hydrogens (primary N) is 1. The molecule has 0 spiro atoms. The van der Waals surface area contributed by atoms with E-state index in [1.165, 1.54) is 24.0 Å². The summed E-state index contributed by atoms with van der Waals surface area (Å²) < 4.78 is 14.8. The van der Waals surface area contributed by atoms with Gasteiger partial charge < -0.3 is 5.73 Å². The molecule has 1 atom stereocenters. The van der Waals surface area contributed by atoms with Crippen molar-refractivity contribution in [3.05, 3.63) is 68.9 Å². The second kappa shape index (κ2) is 5.54. The molecule has 3 heteroatoms. The molecule has 1 aliphatic rings. The summed E-state index contributed by atoms with van der Waals surface area (Å²) in [5.41, 5.74) is 9.94. The summed E-state index contributed by atoms with van der Waals surface area (Å²) in [5.74, 6) is -0.278. The zero-order chi connectivity index (χ0) is 15.0. The topological polar surface area (TPSA) is 26.0 Å². The van der Waals surface area contributed by atoms with E-state index in [1.54, 1.807) is 12.1 Å². The molecule has 1 unspecified atom stereocenters. The molecule has 2 aromatic carbocycles. The first kappa shape index (κ1) is 14.7. The summed E-state index contributed by atoms with van der Waals surface area (Å²) >= 11 is 3.24. The Morgan fingerprint density at radius 1 is 1.10 bits per heavy atom. The third-order valence-electron chi connectivity index (χ3n) is 4.46. The molecule has 3 rings (SSSR count). The third-order valence-corrected chi connectivity index (χ3v) is 5.07. The Bertz CT molecular complexity index is 679. The quantitative estimate of drug-likeness (QED) is 0.837. The van der Waals surface area contributed by atoms with Crippen LogP contribution in [0.25, 0.3) is 0 Å². The van der Waals surface area contributed by atoms with Gasteiger partial charge in [0.1, 0.15) is 5.82 Å². The van der Waals surface area contributed by atoms with Crippen molar-refractivity contribution >= 4 is 15.9 Å².